The molecule has 3 rings (SSSR count). The molecule has 2 aliphatic rings. The molecule has 0 radical (unpaired) electrons. The summed E-state index contributed by atoms with van der Waals surface area (Å²) >= 11 is 4.84. The minimum atomic E-state index is 0.264. The Labute approximate surface area is 118 Å². The van der Waals surface area contributed by atoms with Gasteiger partial charge >= 0.3 is 0 Å². The van der Waals surface area contributed by atoms with Gasteiger partial charge in [0.25, 0.3) is 0 Å². The van der Waals surface area contributed by atoms with Gasteiger partial charge in [0.1, 0.15) is 0 Å². The molecular formula is C14H17N3OS. The normalized spacial score (nSPS) is 17.8. The zero-order valence-corrected chi connectivity index (χ0v) is 11.5. The molecule has 0 bridgehead atoms. The first kappa shape index (κ1) is 12.4. The van der Waals surface area contributed by atoms with Gasteiger partial charge in [-0.1, -0.05) is 0 Å². The van der Waals surface area contributed by atoms with Crippen LogP contribution in [0.2, 0.25) is 0 Å². The highest BCUT2D eigenvalue weighted by molar-refractivity contribution is 7.80. The zero-order chi connectivity index (χ0) is 13.4. The summed E-state index contributed by atoms with van der Waals surface area (Å²) in [6, 6.07) is 5.96. The third-order valence-corrected chi connectivity index (χ3v) is 3.76. The van der Waals surface area contributed by atoms with Crippen LogP contribution in [0.1, 0.15) is 24.8 Å². The quantitative estimate of drug-likeness (QED) is 0.811. The third kappa shape index (κ3) is 2.56. The van der Waals surface area contributed by atoms with Crippen LogP contribution in [0.25, 0.3) is 0 Å². The molecule has 0 saturated heterocycles. The summed E-state index contributed by atoms with van der Waals surface area (Å²) in [6.45, 7) is 0.838. The molecule has 0 spiro atoms. The summed E-state index contributed by atoms with van der Waals surface area (Å²) < 4.78 is 0. The van der Waals surface area contributed by atoms with Crippen LogP contribution in [0.3, 0.4) is 0 Å². The van der Waals surface area contributed by atoms with Crippen molar-refractivity contribution >= 4 is 34.6 Å². The number of hydrogen-bond donors (Lipinski definition) is 2. The Morgan fingerprint density at radius 2 is 2.21 bits per heavy atom. The molecule has 100 valence electrons. The van der Waals surface area contributed by atoms with Crippen molar-refractivity contribution in [3.8, 4) is 0 Å². The first-order valence-electron chi connectivity index (χ1n) is 6.66. The maximum absolute atomic E-state index is 12.3. The minimum Gasteiger partial charge on any atom is -0.376 e. The molecule has 1 amide bonds. The second-order valence-corrected chi connectivity index (χ2v) is 5.64. The minimum absolute atomic E-state index is 0.264. The van der Waals surface area contributed by atoms with Gasteiger partial charge in [0.05, 0.1) is 0 Å². The SMILES string of the molecule is NC(=S)Nc1ccc2c(c1)CCCN2C(=O)C1CC1. The van der Waals surface area contributed by atoms with Crippen LogP contribution in [0.15, 0.2) is 18.2 Å². The van der Waals surface area contributed by atoms with E-state index in [0.29, 0.717) is 0 Å². The van der Waals surface area contributed by atoms with Crippen molar-refractivity contribution in [3.63, 3.8) is 0 Å². The lowest BCUT2D eigenvalue weighted by molar-refractivity contribution is -0.119. The third-order valence-electron chi connectivity index (χ3n) is 3.66. The summed E-state index contributed by atoms with van der Waals surface area (Å²) in [5.41, 5.74) is 8.62. The molecule has 4 nitrogen and oxygen atoms in total. The Kier molecular flexibility index (Phi) is 3.14. The molecule has 0 aromatic heterocycles. The predicted molar refractivity (Wildman–Crippen MR) is 80.2 cm³/mol. The molecule has 1 aliphatic carbocycles. The van der Waals surface area contributed by atoms with Gasteiger partial charge in [-0.25, -0.2) is 0 Å². The molecule has 1 aromatic rings. The first-order chi connectivity index (χ1) is 9.15. The molecule has 1 aliphatic heterocycles. The van der Waals surface area contributed by atoms with E-state index in [1.165, 1.54) is 5.56 Å². The molecule has 1 aromatic carbocycles. The van der Waals surface area contributed by atoms with E-state index in [-0.39, 0.29) is 16.9 Å². The van der Waals surface area contributed by atoms with Crippen molar-refractivity contribution in [2.24, 2.45) is 11.7 Å². The summed E-state index contributed by atoms with van der Waals surface area (Å²) in [7, 11) is 0. The molecular weight excluding hydrogens is 258 g/mol. The maximum atomic E-state index is 12.3. The van der Waals surface area contributed by atoms with Crippen molar-refractivity contribution in [1.29, 1.82) is 0 Å². The molecule has 1 heterocycles. The van der Waals surface area contributed by atoms with E-state index in [4.69, 9.17) is 18.0 Å². The molecule has 0 atom stereocenters. The lowest BCUT2D eigenvalue weighted by Crippen LogP contribution is -2.36. The number of anilines is 2. The van der Waals surface area contributed by atoms with Crippen LogP contribution >= 0.6 is 12.2 Å². The van der Waals surface area contributed by atoms with Gasteiger partial charge in [-0.15, -0.1) is 0 Å². The average molecular weight is 275 g/mol. The Bertz CT molecular complexity index is 539. The van der Waals surface area contributed by atoms with Crippen molar-refractivity contribution in [2.75, 3.05) is 16.8 Å². The number of carbonyl (C=O) groups excluding carboxylic acids is 1. The number of carbonyl (C=O) groups is 1. The van der Waals surface area contributed by atoms with Gasteiger partial charge in [0.15, 0.2) is 5.11 Å². The maximum Gasteiger partial charge on any atom is 0.230 e. The van der Waals surface area contributed by atoms with Gasteiger partial charge in [0.2, 0.25) is 5.91 Å². The number of benzene rings is 1. The molecule has 5 heteroatoms. The summed E-state index contributed by atoms with van der Waals surface area (Å²) in [5, 5.41) is 3.21. The number of fused-ring (bicyclic) bond motifs is 1. The van der Waals surface area contributed by atoms with Crippen molar-refractivity contribution in [1.82, 2.24) is 0 Å². The van der Waals surface area contributed by atoms with Crippen LogP contribution in [-0.4, -0.2) is 17.6 Å². The highest BCUT2D eigenvalue weighted by atomic mass is 32.1. The smallest absolute Gasteiger partial charge is 0.230 e. The molecule has 1 saturated carbocycles. The fourth-order valence-corrected chi connectivity index (χ4v) is 2.71. The predicted octanol–water partition coefficient (Wildman–Crippen LogP) is 2.03. The average Bonchev–Trinajstić information content (AvgIpc) is 3.20. The van der Waals surface area contributed by atoms with E-state index in [1.54, 1.807) is 0 Å². The van der Waals surface area contributed by atoms with E-state index in [1.807, 2.05) is 23.1 Å². The lowest BCUT2D eigenvalue weighted by Gasteiger charge is -2.30. The van der Waals surface area contributed by atoms with Crippen molar-refractivity contribution < 1.29 is 4.79 Å². The van der Waals surface area contributed by atoms with Crippen LogP contribution in [-0.2, 0) is 11.2 Å². The van der Waals surface area contributed by atoms with Gasteiger partial charge < -0.3 is 16.0 Å². The number of aryl methyl sites for hydroxylation is 1. The van der Waals surface area contributed by atoms with E-state index in [2.05, 4.69) is 5.32 Å². The fraction of sp³-hybridized carbons (Fsp3) is 0.429. The zero-order valence-electron chi connectivity index (χ0n) is 10.7. The number of amides is 1. The lowest BCUT2D eigenvalue weighted by atomic mass is 10.0. The number of nitrogens with two attached hydrogens (primary N) is 1. The van der Waals surface area contributed by atoms with Crippen LogP contribution in [0.4, 0.5) is 11.4 Å². The largest absolute Gasteiger partial charge is 0.376 e. The topological polar surface area (TPSA) is 58.4 Å². The molecule has 19 heavy (non-hydrogen) atoms. The summed E-state index contributed by atoms with van der Waals surface area (Å²) in [4.78, 5) is 14.2. The molecule has 3 N–H and O–H groups in total. The number of thiocarbonyl (C=S) groups is 1. The number of nitrogens with one attached hydrogen (secondary N) is 1. The first-order valence-corrected chi connectivity index (χ1v) is 7.07. The van der Waals surface area contributed by atoms with Crippen LogP contribution in [0, 0.1) is 5.92 Å². The Morgan fingerprint density at radius 3 is 2.89 bits per heavy atom. The second kappa shape index (κ2) is 4.81. The van der Waals surface area contributed by atoms with E-state index < -0.39 is 0 Å². The van der Waals surface area contributed by atoms with E-state index in [0.717, 1.165) is 43.6 Å². The fourth-order valence-electron chi connectivity index (χ4n) is 2.60. The van der Waals surface area contributed by atoms with E-state index >= 15 is 0 Å². The standard InChI is InChI=1S/C14H17N3OS/c15-14(19)16-11-5-6-12-10(8-11)2-1-7-17(12)13(18)9-3-4-9/h5-6,8-9H,1-4,7H2,(H3,15,16,19). The van der Waals surface area contributed by atoms with Gasteiger partial charge in [-0.3, -0.25) is 4.79 Å². The molecule has 0 unspecified atom stereocenters. The molecule has 1 fully saturated rings. The van der Waals surface area contributed by atoms with E-state index in [9.17, 15) is 4.79 Å². The van der Waals surface area contributed by atoms with Gasteiger partial charge in [-0.05, 0) is 61.7 Å². The number of hydrogen-bond acceptors (Lipinski definition) is 2. The highest BCUT2D eigenvalue weighted by Gasteiger charge is 2.35. The summed E-state index contributed by atoms with van der Waals surface area (Å²) in [5.74, 6) is 0.552. The number of rotatable bonds is 2. The monoisotopic (exact) mass is 275 g/mol. The summed E-state index contributed by atoms with van der Waals surface area (Å²) in [6.07, 6.45) is 4.11. The van der Waals surface area contributed by atoms with Crippen molar-refractivity contribution in [2.45, 2.75) is 25.7 Å². The second-order valence-electron chi connectivity index (χ2n) is 5.20. The Morgan fingerprint density at radius 1 is 1.42 bits per heavy atom. The van der Waals surface area contributed by atoms with Crippen molar-refractivity contribution in [3.05, 3.63) is 23.8 Å². The van der Waals surface area contributed by atoms with Crippen LogP contribution in [0.5, 0.6) is 0 Å². The highest BCUT2D eigenvalue weighted by Crippen LogP contribution is 2.36. The van der Waals surface area contributed by atoms with Crippen LogP contribution < -0.4 is 16.0 Å². The Hall–Kier alpha value is -1.62. The van der Waals surface area contributed by atoms with Gasteiger partial charge in [0, 0.05) is 23.8 Å². The number of nitrogens with zero attached hydrogens (tertiary/aromatic N) is 1. The van der Waals surface area contributed by atoms with Gasteiger partial charge in [-0.2, -0.15) is 0 Å². The Balaban J connectivity index is 1.87.